The quantitative estimate of drug-likeness (QED) is 0.536. The average Bonchev–Trinajstić information content (AvgIpc) is 2.69. The highest BCUT2D eigenvalue weighted by Gasteiger charge is 2.15. The van der Waals surface area contributed by atoms with Crippen molar-refractivity contribution in [1.82, 2.24) is 0 Å². The van der Waals surface area contributed by atoms with Gasteiger partial charge in [0.1, 0.15) is 41.4 Å². The number of benzene rings is 2. The lowest BCUT2D eigenvalue weighted by Gasteiger charge is -2.12. The first-order valence-electron chi connectivity index (χ1n) is 8.54. The van der Waals surface area contributed by atoms with Crippen LogP contribution in [0.5, 0.6) is 23.0 Å². The Morgan fingerprint density at radius 1 is 0.964 bits per heavy atom. The van der Waals surface area contributed by atoms with E-state index in [1.807, 2.05) is 0 Å². The standard InChI is InChI=1S/C20H20O8/c1-25-16-3-2-12(8-18(16)27-7-5-22)17-11-15(24)20-14(23)9-13(26-6-4-21)10-19(20)28-17/h2-3,8-11,21-23H,4-7H2,1H3. The molecule has 0 bridgehead atoms. The zero-order chi connectivity index (χ0) is 20.1. The first kappa shape index (κ1) is 19.5. The van der Waals surface area contributed by atoms with Crippen molar-refractivity contribution in [3.8, 4) is 34.3 Å². The summed E-state index contributed by atoms with van der Waals surface area (Å²) in [5, 5.41) is 28.0. The molecule has 0 fully saturated rings. The minimum absolute atomic E-state index is 0.0327. The minimum Gasteiger partial charge on any atom is -0.507 e. The fourth-order valence-corrected chi connectivity index (χ4v) is 2.73. The van der Waals surface area contributed by atoms with E-state index in [2.05, 4.69) is 0 Å². The Morgan fingerprint density at radius 3 is 2.43 bits per heavy atom. The molecule has 0 aliphatic heterocycles. The fourth-order valence-electron chi connectivity index (χ4n) is 2.73. The van der Waals surface area contributed by atoms with Crippen molar-refractivity contribution in [2.24, 2.45) is 0 Å². The van der Waals surface area contributed by atoms with Gasteiger partial charge in [-0.3, -0.25) is 4.79 Å². The SMILES string of the molecule is COc1ccc(-c2cc(=O)c3c(O)cc(OCCO)cc3o2)cc1OCCO. The van der Waals surface area contributed by atoms with Gasteiger partial charge in [-0.1, -0.05) is 0 Å². The maximum Gasteiger partial charge on any atom is 0.197 e. The number of aliphatic hydroxyl groups is 2. The number of phenolic OH excluding ortho intramolecular Hbond substituents is 1. The van der Waals surface area contributed by atoms with Crippen molar-refractivity contribution >= 4 is 11.0 Å². The van der Waals surface area contributed by atoms with Crippen LogP contribution in [-0.2, 0) is 0 Å². The van der Waals surface area contributed by atoms with Gasteiger partial charge in [-0.25, -0.2) is 0 Å². The van der Waals surface area contributed by atoms with E-state index >= 15 is 0 Å². The summed E-state index contributed by atoms with van der Waals surface area (Å²) in [5.41, 5.74) is 0.272. The lowest BCUT2D eigenvalue weighted by molar-refractivity contribution is 0.196. The highest BCUT2D eigenvalue weighted by atomic mass is 16.5. The molecule has 3 rings (SSSR count). The lowest BCUT2D eigenvalue weighted by atomic mass is 10.1. The molecule has 148 valence electrons. The van der Waals surface area contributed by atoms with Crippen LogP contribution in [-0.4, -0.2) is 48.9 Å². The van der Waals surface area contributed by atoms with Gasteiger partial charge in [0.2, 0.25) is 0 Å². The van der Waals surface area contributed by atoms with Crippen LogP contribution in [0, 0.1) is 0 Å². The molecule has 0 spiro atoms. The summed E-state index contributed by atoms with van der Waals surface area (Å²) in [7, 11) is 1.49. The Labute approximate surface area is 160 Å². The molecule has 8 nitrogen and oxygen atoms in total. The largest absolute Gasteiger partial charge is 0.507 e. The summed E-state index contributed by atoms with van der Waals surface area (Å²) in [6, 6.07) is 9.02. The summed E-state index contributed by atoms with van der Waals surface area (Å²) < 4.78 is 21.8. The van der Waals surface area contributed by atoms with E-state index in [0.29, 0.717) is 17.1 Å². The number of aromatic hydroxyl groups is 1. The number of hydrogen-bond donors (Lipinski definition) is 3. The fraction of sp³-hybridized carbons (Fsp3) is 0.250. The number of hydrogen-bond acceptors (Lipinski definition) is 8. The maximum absolute atomic E-state index is 12.5. The van der Waals surface area contributed by atoms with Gasteiger partial charge in [0.05, 0.1) is 20.3 Å². The van der Waals surface area contributed by atoms with Crippen molar-refractivity contribution < 1.29 is 33.9 Å². The molecule has 8 heteroatoms. The zero-order valence-electron chi connectivity index (χ0n) is 15.2. The average molecular weight is 388 g/mol. The molecule has 3 aromatic rings. The zero-order valence-corrected chi connectivity index (χ0v) is 15.2. The predicted molar refractivity (Wildman–Crippen MR) is 101 cm³/mol. The second-order valence-electron chi connectivity index (χ2n) is 5.80. The smallest absolute Gasteiger partial charge is 0.197 e. The van der Waals surface area contributed by atoms with Gasteiger partial charge in [0, 0.05) is 23.8 Å². The monoisotopic (exact) mass is 388 g/mol. The molecule has 0 radical (unpaired) electrons. The van der Waals surface area contributed by atoms with Crippen molar-refractivity contribution in [2.45, 2.75) is 0 Å². The van der Waals surface area contributed by atoms with E-state index in [1.54, 1.807) is 18.2 Å². The predicted octanol–water partition coefficient (Wildman–Crippen LogP) is 1.92. The van der Waals surface area contributed by atoms with Crippen LogP contribution in [0.2, 0.25) is 0 Å². The molecule has 3 N–H and O–H groups in total. The number of fused-ring (bicyclic) bond motifs is 1. The van der Waals surface area contributed by atoms with E-state index in [4.69, 9.17) is 28.8 Å². The number of rotatable bonds is 8. The van der Waals surface area contributed by atoms with Gasteiger partial charge >= 0.3 is 0 Å². The Kier molecular flexibility index (Phi) is 6.03. The van der Waals surface area contributed by atoms with Crippen LogP contribution in [0.4, 0.5) is 0 Å². The Morgan fingerprint density at radius 2 is 1.71 bits per heavy atom. The van der Waals surface area contributed by atoms with Crippen LogP contribution in [0.25, 0.3) is 22.3 Å². The summed E-state index contributed by atoms with van der Waals surface area (Å²) in [4.78, 5) is 12.5. The molecule has 0 atom stereocenters. The Hall–Kier alpha value is -3.23. The van der Waals surface area contributed by atoms with Crippen LogP contribution in [0.1, 0.15) is 0 Å². The molecule has 0 saturated carbocycles. The number of methoxy groups -OCH3 is 1. The molecule has 0 saturated heterocycles. The van der Waals surface area contributed by atoms with Gasteiger partial charge in [-0.15, -0.1) is 0 Å². The van der Waals surface area contributed by atoms with Crippen molar-refractivity contribution in [3.05, 3.63) is 46.6 Å². The van der Waals surface area contributed by atoms with Gasteiger partial charge in [0.25, 0.3) is 0 Å². The van der Waals surface area contributed by atoms with Crippen LogP contribution < -0.4 is 19.6 Å². The van der Waals surface area contributed by atoms with Gasteiger partial charge < -0.3 is 33.9 Å². The third-order valence-electron chi connectivity index (χ3n) is 3.94. The third-order valence-corrected chi connectivity index (χ3v) is 3.94. The molecule has 0 unspecified atom stereocenters. The molecule has 0 aliphatic carbocycles. The Balaban J connectivity index is 2.09. The number of phenols is 1. The third kappa shape index (κ3) is 4.03. The molecule has 28 heavy (non-hydrogen) atoms. The summed E-state index contributed by atoms with van der Waals surface area (Å²) in [5.74, 6) is 1.11. The summed E-state index contributed by atoms with van der Waals surface area (Å²) in [6.07, 6.45) is 0. The van der Waals surface area contributed by atoms with Gasteiger partial charge in [0.15, 0.2) is 16.9 Å². The second-order valence-corrected chi connectivity index (χ2v) is 5.80. The normalized spacial score (nSPS) is 10.8. The van der Waals surface area contributed by atoms with E-state index in [1.165, 1.54) is 25.3 Å². The minimum atomic E-state index is -0.420. The molecule has 0 aliphatic rings. The highest BCUT2D eigenvalue weighted by molar-refractivity contribution is 5.86. The molecular formula is C20H20O8. The molecular weight excluding hydrogens is 368 g/mol. The van der Waals surface area contributed by atoms with E-state index in [0.717, 1.165) is 0 Å². The first-order chi connectivity index (χ1) is 13.6. The van der Waals surface area contributed by atoms with Crippen molar-refractivity contribution in [3.63, 3.8) is 0 Å². The number of aliphatic hydroxyl groups excluding tert-OH is 2. The molecule has 1 aromatic heterocycles. The highest BCUT2D eigenvalue weighted by Crippen LogP contribution is 2.35. The molecule has 2 aromatic carbocycles. The van der Waals surface area contributed by atoms with Crippen molar-refractivity contribution in [2.75, 3.05) is 33.5 Å². The maximum atomic E-state index is 12.5. The first-order valence-corrected chi connectivity index (χ1v) is 8.54. The summed E-state index contributed by atoms with van der Waals surface area (Å²) in [6.45, 7) is -0.223. The van der Waals surface area contributed by atoms with Crippen LogP contribution in [0.3, 0.4) is 0 Å². The molecule has 1 heterocycles. The van der Waals surface area contributed by atoms with Crippen LogP contribution in [0.15, 0.2) is 45.6 Å². The Bertz CT molecular complexity index is 1020. The van der Waals surface area contributed by atoms with E-state index < -0.39 is 5.43 Å². The second kappa shape index (κ2) is 8.64. The van der Waals surface area contributed by atoms with Gasteiger partial charge in [-0.2, -0.15) is 0 Å². The van der Waals surface area contributed by atoms with E-state index in [9.17, 15) is 9.90 Å². The topological polar surface area (TPSA) is 119 Å². The summed E-state index contributed by atoms with van der Waals surface area (Å²) >= 11 is 0. The van der Waals surface area contributed by atoms with E-state index in [-0.39, 0.29) is 54.7 Å². The number of ether oxygens (including phenoxy) is 3. The lowest BCUT2D eigenvalue weighted by Crippen LogP contribution is -2.04. The molecule has 0 amide bonds. The van der Waals surface area contributed by atoms with Crippen molar-refractivity contribution in [1.29, 1.82) is 0 Å². The van der Waals surface area contributed by atoms with Crippen LogP contribution >= 0.6 is 0 Å². The van der Waals surface area contributed by atoms with Gasteiger partial charge in [-0.05, 0) is 18.2 Å².